The fraction of sp³-hybridized carbons (Fsp3) is 0.455. The maximum absolute atomic E-state index is 3.74. The van der Waals surface area contributed by atoms with Gasteiger partial charge in [0.2, 0.25) is 0 Å². The Hall–Kier alpha value is -1.76. The minimum Gasteiger partial charge on any atom is -0.378 e. The Morgan fingerprint density at radius 2 is 1.70 bits per heavy atom. The summed E-state index contributed by atoms with van der Waals surface area (Å²) < 4.78 is 0. The van der Waals surface area contributed by atoms with Crippen molar-refractivity contribution >= 4 is 5.69 Å². The second kappa shape index (κ2) is 6.03. The Morgan fingerprint density at radius 3 is 2.30 bits per heavy atom. The first-order chi connectivity index (χ1) is 10.8. The van der Waals surface area contributed by atoms with Crippen LogP contribution in [0, 0.1) is 0 Å². The number of aryl methyl sites for hydroxylation is 1. The van der Waals surface area contributed by atoms with Gasteiger partial charge in [-0.3, -0.25) is 0 Å². The van der Waals surface area contributed by atoms with Crippen molar-refractivity contribution in [3.63, 3.8) is 0 Å². The second-order valence-electron chi connectivity index (χ2n) is 8.18. The van der Waals surface area contributed by atoms with Crippen LogP contribution >= 0.6 is 0 Å². The van der Waals surface area contributed by atoms with Crippen molar-refractivity contribution in [1.29, 1.82) is 0 Å². The van der Waals surface area contributed by atoms with Crippen LogP contribution in [-0.2, 0) is 11.8 Å². The fourth-order valence-corrected chi connectivity index (χ4v) is 3.35. The van der Waals surface area contributed by atoms with Crippen LogP contribution < -0.4 is 5.32 Å². The van der Waals surface area contributed by atoms with Crippen LogP contribution in [-0.4, -0.2) is 0 Å². The third kappa shape index (κ3) is 3.44. The van der Waals surface area contributed by atoms with Crippen LogP contribution in [0.15, 0.2) is 42.5 Å². The van der Waals surface area contributed by atoms with E-state index in [9.17, 15) is 0 Å². The number of fused-ring (bicyclic) bond motifs is 1. The molecule has 1 heteroatoms. The van der Waals surface area contributed by atoms with E-state index in [1.54, 1.807) is 0 Å². The van der Waals surface area contributed by atoms with Crippen molar-refractivity contribution in [2.24, 2.45) is 0 Å². The fourth-order valence-electron chi connectivity index (χ4n) is 3.35. The molecule has 23 heavy (non-hydrogen) atoms. The molecule has 1 nitrogen and oxygen atoms in total. The molecule has 122 valence electrons. The van der Waals surface area contributed by atoms with E-state index < -0.39 is 0 Å². The smallest absolute Gasteiger partial charge is 0.0517 e. The highest BCUT2D eigenvalue weighted by atomic mass is 14.9. The minimum absolute atomic E-state index is 0.221. The van der Waals surface area contributed by atoms with Crippen LogP contribution in [0.1, 0.15) is 75.3 Å². The van der Waals surface area contributed by atoms with Gasteiger partial charge < -0.3 is 5.32 Å². The van der Waals surface area contributed by atoms with Gasteiger partial charge in [-0.05, 0) is 52.5 Å². The second-order valence-corrected chi connectivity index (χ2v) is 8.18. The van der Waals surface area contributed by atoms with Crippen LogP contribution in [0.4, 0.5) is 5.69 Å². The van der Waals surface area contributed by atoms with E-state index in [1.165, 1.54) is 34.4 Å². The van der Waals surface area contributed by atoms with Gasteiger partial charge >= 0.3 is 0 Å². The SMILES string of the molecule is CC(C)c1ccc2c(c1)CCC(c1ccc(C(C)(C)C)cc1)N2. The number of rotatable bonds is 2. The van der Waals surface area contributed by atoms with Crippen LogP contribution in [0.3, 0.4) is 0 Å². The zero-order valence-electron chi connectivity index (χ0n) is 15.1. The van der Waals surface area contributed by atoms with Crippen molar-refractivity contribution in [2.75, 3.05) is 5.32 Å². The molecular weight excluding hydrogens is 278 g/mol. The first-order valence-corrected chi connectivity index (χ1v) is 8.84. The third-order valence-corrected chi connectivity index (χ3v) is 5.01. The molecule has 1 aliphatic rings. The maximum Gasteiger partial charge on any atom is 0.0517 e. The van der Waals surface area contributed by atoms with Gasteiger partial charge in [0.05, 0.1) is 6.04 Å². The molecule has 0 spiro atoms. The van der Waals surface area contributed by atoms with Crippen LogP contribution in [0.25, 0.3) is 0 Å². The summed E-state index contributed by atoms with van der Waals surface area (Å²) in [5, 5.41) is 3.74. The Bertz CT molecular complexity index is 674. The monoisotopic (exact) mass is 307 g/mol. The first-order valence-electron chi connectivity index (χ1n) is 8.84. The van der Waals surface area contributed by atoms with Gasteiger partial charge in [0.1, 0.15) is 0 Å². The van der Waals surface area contributed by atoms with E-state index in [0.29, 0.717) is 12.0 Å². The molecule has 3 rings (SSSR count). The standard InChI is InChI=1S/C22H29N/c1-15(2)17-8-12-21-18(14-17)9-13-20(23-21)16-6-10-19(11-7-16)22(3,4)5/h6-8,10-12,14-15,20,23H,9,13H2,1-5H3. The molecule has 0 bridgehead atoms. The molecule has 0 radical (unpaired) electrons. The number of anilines is 1. The molecule has 0 fully saturated rings. The summed E-state index contributed by atoms with van der Waals surface area (Å²) >= 11 is 0. The lowest BCUT2D eigenvalue weighted by Crippen LogP contribution is -2.18. The summed E-state index contributed by atoms with van der Waals surface area (Å²) in [7, 11) is 0. The molecule has 0 amide bonds. The van der Waals surface area contributed by atoms with Gasteiger partial charge in [0, 0.05) is 5.69 Å². The summed E-state index contributed by atoms with van der Waals surface area (Å²) in [4.78, 5) is 0. The van der Waals surface area contributed by atoms with Gasteiger partial charge in [-0.2, -0.15) is 0 Å². The van der Waals surface area contributed by atoms with Gasteiger partial charge in [-0.1, -0.05) is 71.0 Å². The topological polar surface area (TPSA) is 12.0 Å². The molecule has 0 aliphatic carbocycles. The lowest BCUT2D eigenvalue weighted by atomic mass is 9.85. The zero-order valence-corrected chi connectivity index (χ0v) is 15.1. The van der Waals surface area contributed by atoms with Crippen molar-refractivity contribution in [3.8, 4) is 0 Å². The number of benzene rings is 2. The third-order valence-electron chi connectivity index (χ3n) is 5.01. The molecule has 1 heterocycles. The van der Waals surface area contributed by atoms with Crippen molar-refractivity contribution in [1.82, 2.24) is 0 Å². The molecule has 0 saturated heterocycles. The molecule has 0 aromatic heterocycles. The van der Waals surface area contributed by atoms with Crippen molar-refractivity contribution in [3.05, 3.63) is 64.7 Å². The molecule has 1 unspecified atom stereocenters. The highest BCUT2D eigenvalue weighted by molar-refractivity contribution is 5.56. The molecular formula is C22H29N. The molecule has 1 aliphatic heterocycles. The summed E-state index contributed by atoms with van der Waals surface area (Å²) in [6, 6.07) is 16.5. The van der Waals surface area contributed by atoms with E-state index >= 15 is 0 Å². The first kappa shape index (κ1) is 16.1. The summed E-state index contributed by atoms with van der Waals surface area (Å²) in [6.45, 7) is 11.3. The number of hydrogen-bond donors (Lipinski definition) is 1. The Balaban J connectivity index is 1.79. The highest BCUT2D eigenvalue weighted by Gasteiger charge is 2.20. The zero-order chi connectivity index (χ0) is 16.6. The Kier molecular flexibility index (Phi) is 4.23. The lowest BCUT2D eigenvalue weighted by molar-refractivity contribution is 0.589. The average Bonchev–Trinajstić information content (AvgIpc) is 2.53. The predicted octanol–water partition coefficient (Wildman–Crippen LogP) is 6.21. The number of nitrogens with one attached hydrogen (secondary N) is 1. The summed E-state index contributed by atoms with van der Waals surface area (Å²) in [5.74, 6) is 0.600. The summed E-state index contributed by atoms with van der Waals surface area (Å²) in [5.41, 5.74) is 7.25. The normalized spacial score (nSPS) is 17.7. The van der Waals surface area contributed by atoms with Crippen LogP contribution in [0.2, 0.25) is 0 Å². The molecule has 0 saturated carbocycles. The van der Waals surface area contributed by atoms with E-state index in [1.807, 2.05) is 0 Å². The average molecular weight is 307 g/mol. The Morgan fingerprint density at radius 1 is 1.00 bits per heavy atom. The van der Waals surface area contributed by atoms with E-state index in [2.05, 4.69) is 82.4 Å². The van der Waals surface area contributed by atoms with E-state index in [0.717, 1.165) is 6.42 Å². The maximum atomic E-state index is 3.74. The largest absolute Gasteiger partial charge is 0.378 e. The Labute approximate surface area is 141 Å². The molecule has 1 N–H and O–H groups in total. The lowest BCUT2D eigenvalue weighted by Gasteiger charge is -2.29. The van der Waals surface area contributed by atoms with Gasteiger partial charge in [-0.25, -0.2) is 0 Å². The molecule has 2 aromatic rings. The van der Waals surface area contributed by atoms with E-state index in [4.69, 9.17) is 0 Å². The molecule has 1 atom stereocenters. The predicted molar refractivity (Wildman–Crippen MR) is 100 cm³/mol. The van der Waals surface area contributed by atoms with Gasteiger partial charge in [0.25, 0.3) is 0 Å². The van der Waals surface area contributed by atoms with Gasteiger partial charge in [0.15, 0.2) is 0 Å². The highest BCUT2D eigenvalue weighted by Crippen LogP contribution is 2.35. The summed E-state index contributed by atoms with van der Waals surface area (Å²) in [6.07, 6.45) is 2.33. The quantitative estimate of drug-likeness (QED) is 0.695. The van der Waals surface area contributed by atoms with Gasteiger partial charge in [-0.15, -0.1) is 0 Å². The van der Waals surface area contributed by atoms with Crippen LogP contribution in [0.5, 0.6) is 0 Å². The molecule has 2 aromatic carbocycles. The van der Waals surface area contributed by atoms with Crippen molar-refractivity contribution in [2.45, 2.75) is 64.8 Å². The number of hydrogen-bond acceptors (Lipinski definition) is 1. The van der Waals surface area contributed by atoms with Crippen molar-refractivity contribution < 1.29 is 0 Å². The minimum atomic E-state index is 0.221. The van der Waals surface area contributed by atoms with E-state index in [-0.39, 0.29) is 5.41 Å².